The zero-order valence-electron chi connectivity index (χ0n) is 10.6. The van der Waals surface area contributed by atoms with E-state index < -0.39 is 0 Å². The number of benzene rings is 1. The first-order valence-corrected chi connectivity index (χ1v) is 6.45. The lowest BCUT2D eigenvalue weighted by Crippen LogP contribution is -1.97. The minimum Gasteiger partial charge on any atom is -0.411 e. The topological polar surface area (TPSA) is 32.6 Å². The predicted molar refractivity (Wildman–Crippen MR) is 71.3 cm³/mol. The standard InChI is InChI=1S/C15H18FNO/c1-2-3-4-11-7-10-14(17-18)15(11)12-5-8-13(16)9-6-12/h5-6,8-9,18H,2-4,7,10H2,1H3. The van der Waals surface area contributed by atoms with Crippen molar-refractivity contribution in [1.29, 1.82) is 0 Å². The van der Waals surface area contributed by atoms with Gasteiger partial charge < -0.3 is 5.21 Å². The van der Waals surface area contributed by atoms with E-state index in [9.17, 15) is 4.39 Å². The summed E-state index contributed by atoms with van der Waals surface area (Å²) in [4.78, 5) is 0. The highest BCUT2D eigenvalue weighted by Gasteiger charge is 2.22. The largest absolute Gasteiger partial charge is 0.411 e. The third kappa shape index (κ3) is 2.61. The second-order valence-electron chi connectivity index (χ2n) is 4.64. The Morgan fingerprint density at radius 1 is 1.22 bits per heavy atom. The zero-order valence-corrected chi connectivity index (χ0v) is 10.6. The third-order valence-electron chi connectivity index (χ3n) is 3.39. The molecule has 0 fully saturated rings. The average Bonchev–Trinajstić information content (AvgIpc) is 2.80. The average molecular weight is 247 g/mol. The summed E-state index contributed by atoms with van der Waals surface area (Å²) >= 11 is 0. The van der Waals surface area contributed by atoms with Crippen molar-refractivity contribution in [3.05, 3.63) is 41.2 Å². The molecule has 0 heterocycles. The number of hydrogen-bond donors (Lipinski definition) is 1. The first kappa shape index (κ1) is 12.8. The zero-order chi connectivity index (χ0) is 13.0. The summed E-state index contributed by atoms with van der Waals surface area (Å²) in [6.45, 7) is 2.16. The van der Waals surface area contributed by atoms with Gasteiger partial charge in [-0.1, -0.05) is 36.2 Å². The van der Waals surface area contributed by atoms with Crippen LogP contribution in [0.25, 0.3) is 5.57 Å². The molecule has 1 aromatic carbocycles. The van der Waals surface area contributed by atoms with Crippen molar-refractivity contribution in [3.63, 3.8) is 0 Å². The number of unbranched alkanes of at least 4 members (excludes halogenated alkanes) is 1. The molecule has 0 bridgehead atoms. The van der Waals surface area contributed by atoms with E-state index in [1.54, 1.807) is 12.1 Å². The number of allylic oxidation sites excluding steroid dienone is 2. The Morgan fingerprint density at radius 2 is 1.94 bits per heavy atom. The van der Waals surface area contributed by atoms with Gasteiger partial charge in [-0.15, -0.1) is 0 Å². The Bertz CT molecular complexity index is 474. The summed E-state index contributed by atoms with van der Waals surface area (Å²) in [6.07, 6.45) is 5.04. The fourth-order valence-corrected chi connectivity index (χ4v) is 2.45. The highest BCUT2D eigenvalue weighted by atomic mass is 19.1. The molecule has 1 aliphatic rings. The van der Waals surface area contributed by atoms with Crippen LogP contribution in [-0.4, -0.2) is 10.9 Å². The molecule has 0 saturated carbocycles. The van der Waals surface area contributed by atoms with Crippen LogP contribution in [-0.2, 0) is 0 Å². The van der Waals surface area contributed by atoms with Crippen molar-refractivity contribution in [1.82, 2.24) is 0 Å². The van der Waals surface area contributed by atoms with Crippen molar-refractivity contribution in [2.75, 3.05) is 0 Å². The quantitative estimate of drug-likeness (QED) is 0.621. The maximum atomic E-state index is 13.0. The summed E-state index contributed by atoms with van der Waals surface area (Å²) in [5.41, 5.74) is 4.03. The summed E-state index contributed by atoms with van der Waals surface area (Å²) in [7, 11) is 0. The van der Waals surface area contributed by atoms with Crippen LogP contribution in [0.3, 0.4) is 0 Å². The van der Waals surface area contributed by atoms with Crippen molar-refractivity contribution >= 4 is 11.3 Å². The molecule has 96 valence electrons. The maximum Gasteiger partial charge on any atom is 0.123 e. The second-order valence-corrected chi connectivity index (χ2v) is 4.64. The SMILES string of the molecule is CCCCC1=C(c2ccc(F)cc2)C(=NO)CC1. The maximum absolute atomic E-state index is 13.0. The van der Waals surface area contributed by atoms with Crippen LogP contribution >= 0.6 is 0 Å². The number of halogens is 1. The minimum atomic E-state index is -0.241. The molecule has 2 nitrogen and oxygen atoms in total. The fourth-order valence-electron chi connectivity index (χ4n) is 2.45. The molecule has 3 heteroatoms. The lowest BCUT2D eigenvalue weighted by atomic mass is 9.98. The molecule has 0 amide bonds. The van der Waals surface area contributed by atoms with Gasteiger partial charge in [0.15, 0.2) is 0 Å². The minimum absolute atomic E-state index is 0.241. The molecule has 0 aliphatic heterocycles. The smallest absolute Gasteiger partial charge is 0.123 e. The van der Waals surface area contributed by atoms with E-state index in [0.717, 1.165) is 49.0 Å². The Labute approximate surface area is 107 Å². The van der Waals surface area contributed by atoms with Gasteiger partial charge >= 0.3 is 0 Å². The summed E-state index contributed by atoms with van der Waals surface area (Å²) in [6, 6.07) is 6.42. The first-order chi connectivity index (χ1) is 8.76. The molecule has 0 radical (unpaired) electrons. The number of nitrogens with zero attached hydrogens (tertiary/aromatic N) is 1. The van der Waals surface area contributed by atoms with Gasteiger partial charge in [-0.3, -0.25) is 0 Å². The first-order valence-electron chi connectivity index (χ1n) is 6.45. The van der Waals surface area contributed by atoms with Gasteiger partial charge in [0.1, 0.15) is 5.82 Å². The molecule has 1 N–H and O–H groups in total. The summed E-state index contributed by atoms with van der Waals surface area (Å²) in [5, 5.41) is 12.5. The molecule has 0 aromatic heterocycles. The molecule has 0 atom stereocenters. The molecule has 0 unspecified atom stereocenters. The van der Waals surface area contributed by atoms with E-state index in [-0.39, 0.29) is 5.82 Å². The van der Waals surface area contributed by atoms with Gasteiger partial charge in [-0.2, -0.15) is 0 Å². The van der Waals surface area contributed by atoms with E-state index >= 15 is 0 Å². The van der Waals surface area contributed by atoms with Gasteiger partial charge in [-0.05, 0) is 43.4 Å². The third-order valence-corrected chi connectivity index (χ3v) is 3.39. The molecular formula is C15H18FNO. The van der Waals surface area contributed by atoms with Crippen molar-refractivity contribution in [2.24, 2.45) is 5.16 Å². The Morgan fingerprint density at radius 3 is 2.56 bits per heavy atom. The molecule has 0 saturated heterocycles. The molecule has 18 heavy (non-hydrogen) atoms. The van der Waals surface area contributed by atoms with Crippen LogP contribution in [0, 0.1) is 5.82 Å². The van der Waals surface area contributed by atoms with E-state index in [4.69, 9.17) is 5.21 Å². The van der Waals surface area contributed by atoms with Crippen LogP contribution in [0.4, 0.5) is 4.39 Å². The van der Waals surface area contributed by atoms with Gasteiger partial charge in [0.05, 0.1) is 5.71 Å². The highest BCUT2D eigenvalue weighted by Crippen LogP contribution is 2.34. The van der Waals surface area contributed by atoms with Gasteiger partial charge in [0.2, 0.25) is 0 Å². The van der Waals surface area contributed by atoms with E-state index in [1.165, 1.54) is 17.7 Å². The van der Waals surface area contributed by atoms with Crippen LogP contribution < -0.4 is 0 Å². The fraction of sp³-hybridized carbons (Fsp3) is 0.400. The van der Waals surface area contributed by atoms with E-state index in [0.29, 0.717) is 0 Å². The van der Waals surface area contributed by atoms with Crippen molar-refractivity contribution in [2.45, 2.75) is 39.0 Å². The molecule has 1 aromatic rings. The van der Waals surface area contributed by atoms with Crippen molar-refractivity contribution < 1.29 is 9.60 Å². The molecule has 1 aliphatic carbocycles. The normalized spacial score (nSPS) is 17.8. The van der Waals surface area contributed by atoms with Gasteiger partial charge in [0.25, 0.3) is 0 Å². The molecule has 0 spiro atoms. The lowest BCUT2D eigenvalue weighted by molar-refractivity contribution is 0.319. The van der Waals surface area contributed by atoms with E-state index in [2.05, 4.69) is 12.1 Å². The van der Waals surface area contributed by atoms with Crippen LogP contribution in [0.5, 0.6) is 0 Å². The predicted octanol–water partition coefficient (Wildman–Crippen LogP) is 4.39. The number of oxime groups is 1. The summed E-state index contributed by atoms with van der Waals surface area (Å²) in [5.74, 6) is -0.241. The van der Waals surface area contributed by atoms with Crippen LogP contribution in [0.15, 0.2) is 35.0 Å². The lowest BCUT2D eigenvalue weighted by Gasteiger charge is -2.07. The Kier molecular flexibility index (Phi) is 4.13. The van der Waals surface area contributed by atoms with Gasteiger partial charge in [0, 0.05) is 5.57 Å². The molecular weight excluding hydrogens is 229 g/mol. The Hall–Kier alpha value is -1.64. The number of hydrogen-bond acceptors (Lipinski definition) is 2. The van der Waals surface area contributed by atoms with Crippen LogP contribution in [0.2, 0.25) is 0 Å². The Balaban J connectivity index is 2.36. The highest BCUT2D eigenvalue weighted by molar-refractivity contribution is 6.26. The monoisotopic (exact) mass is 247 g/mol. The van der Waals surface area contributed by atoms with Crippen LogP contribution in [0.1, 0.15) is 44.6 Å². The van der Waals surface area contributed by atoms with Gasteiger partial charge in [-0.25, -0.2) is 4.39 Å². The number of rotatable bonds is 4. The van der Waals surface area contributed by atoms with E-state index in [1.807, 2.05) is 0 Å². The van der Waals surface area contributed by atoms with Crippen molar-refractivity contribution in [3.8, 4) is 0 Å². The second kappa shape index (κ2) is 5.80. The summed E-state index contributed by atoms with van der Waals surface area (Å²) < 4.78 is 13.0. The molecule has 2 rings (SSSR count).